The third-order valence-corrected chi connectivity index (χ3v) is 5.92. The molecular formula is C28H36FN3O3. The minimum absolute atomic E-state index is 0.277. The Morgan fingerprint density at radius 2 is 1.89 bits per heavy atom. The van der Waals surface area contributed by atoms with Gasteiger partial charge in [0.2, 0.25) is 5.88 Å². The molecule has 1 aliphatic carbocycles. The zero-order valence-electron chi connectivity index (χ0n) is 21.1. The van der Waals surface area contributed by atoms with Crippen LogP contribution in [-0.2, 0) is 11.3 Å². The first-order valence-corrected chi connectivity index (χ1v) is 12.3. The molecule has 1 fully saturated rings. The number of benzene rings is 2. The van der Waals surface area contributed by atoms with Crippen LogP contribution >= 0.6 is 0 Å². The second kappa shape index (κ2) is 10.9. The second-order valence-electron chi connectivity index (χ2n) is 10.4. The summed E-state index contributed by atoms with van der Waals surface area (Å²) in [6.07, 6.45) is 1.81. The minimum Gasteiger partial charge on any atom is -0.438 e. The van der Waals surface area contributed by atoms with Crippen molar-refractivity contribution in [1.29, 1.82) is 0 Å². The Labute approximate surface area is 207 Å². The lowest BCUT2D eigenvalue weighted by Gasteiger charge is -2.27. The van der Waals surface area contributed by atoms with Gasteiger partial charge in [-0.3, -0.25) is 4.90 Å². The van der Waals surface area contributed by atoms with Gasteiger partial charge in [0.15, 0.2) is 0 Å². The lowest BCUT2D eigenvalue weighted by Crippen LogP contribution is -2.37. The van der Waals surface area contributed by atoms with Gasteiger partial charge in [-0.2, -0.15) is 5.10 Å². The van der Waals surface area contributed by atoms with Crippen molar-refractivity contribution in [3.8, 4) is 17.3 Å². The van der Waals surface area contributed by atoms with Gasteiger partial charge in [0.1, 0.15) is 11.6 Å². The number of hydrogen-bond donors (Lipinski definition) is 1. The predicted octanol–water partition coefficient (Wildman–Crippen LogP) is 5.50. The lowest BCUT2D eigenvalue weighted by molar-refractivity contribution is -0.0569. The molecule has 4 rings (SSSR count). The van der Waals surface area contributed by atoms with Crippen LogP contribution in [0.5, 0.6) is 11.6 Å². The van der Waals surface area contributed by atoms with Crippen molar-refractivity contribution in [2.24, 2.45) is 5.92 Å². The highest BCUT2D eigenvalue weighted by molar-refractivity contribution is 5.43. The predicted molar refractivity (Wildman–Crippen MR) is 134 cm³/mol. The Bertz CT molecular complexity index is 1110. The Morgan fingerprint density at radius 3 is 2.54 bits per heavy atom. The maximum Gasteiger partial charge on any atom is 0.227 e. The van der Waals surface area contributed by atoms with E-state index in [2.05, 4.69) is 4.90 Å². The van der Waals surface area contributed by atoms with E-state index < -0.39 is 6.10 Å². The van der Waals surface area contributed by atoms with E-state index in [0.29, 0.717) is 30.6 Å². The molecule has 0 radical (unpaired) electrons. The summed E-state index contributed by atoms with van der Waals surface area (Å²) in [7, 11) is 0. The molecule has 1 saturated carbocycles. The van der Waals surface area contributed by atoms with E-state index in [9.17, 15) is 9.50 Å². The van der Waals surface area contributed by atoms with Gasteiger partial charge in [0.05, 0.1) is 35.3 Å². The molecule has 3 aromatic rings. The molecule has 0 bridgehead atoms. The Balaban J connectivity index is 1.62. The van der Waals surface area contributed by atoms with E-state index in [4.69, 9.17) is 14.6 Å². The zero-order chi connectivity index (χ0) is 25.0. The maximum absolute atomic E-state index is 13.9. The highest BCUT2D eigenvalue weighted by Crippen LogP contribution is 2.34. The third-order valence-electron chi connectivity index (χ3n) is 5.92. The van der Waals surface area contributed by atoms with Crippen molar-refractivity contribution in [1.82, 2.24) is 14.7 Å². The summed E-state index contributed by atoms with van der Waals surface area (Å²) in [4.78, 5) is 2.26. The molecule has 2 aromatic carbocycles. The number of nitrogens with zero attached hydrogens (tertiary/aromatic N) is 3. The van der Waals surface area contributed by atoms with Crippen LogP contribution in [0.2, 0.25) is 0 Å². The van der Waals surface area contributed by atoms with Crippen LogP contribution in [0, 0.1) is 18.7 Å². The number of aliphatic hydroxyl groups is 1. The SMILES string of the molecule is Cc1nn(-c2ccccc2)c(Oc2cccc(F)c2)c1CN(CC1CC1)C[C@@H](O)COC(C)(C)C. The van der Waals surface area contributed by atoms with Crippen LogP contribution in [0.1, 0.15) is 44.9 Å². The summed E-state index contributed by atoms with van der Waals surface area (Å²) in [5, 5.41) is 15.5. The quantitative estimate of drug-likeness (QED) is 0.392. The Morgan fingerprint density at radius 1 is 1.14 bits per heavy atom. The number of aliphatic hydroxyl groups excluding tert-OH is 1. The van der Waals surface area contributed by atoms with E-state index in [1.165, 1.54) is 25.0 Å². The first-order chi connectivity index (χ1) is 16.7. The molecule has 7 heteroatoms. The molecule has 188 valence electrons. The van der Waals surface area contributed by atoms with E-state index >= 15 is 0 Å². The average Bonchev–Trinajstić information content (AvgIpc) is 3.57. The number of hydrogen-bond acceptors (Lipinski definition) is 5. The fourth-order valence-electron chi connectivity index (χ4n) is 4.00. The molecule has 0 saturated heterocycles. The van der Waals surface area contributed by atoms with Crippen molar-refractivity contribution >= 4 is 0 Å². The van der Waals surface area contributed by atoms with Gasteiger partial charge in [0, 0.05) is 25.7 Å². The molecule has 0 unspecified atom stereocenters. The highest BCUT2D eigenvalue weighted by atomic mass is 19.1. The number of aryl methyl sites for hydroxylation is 1. The fourth-order valence-corrected chi connectivity index (χ4v) is 4.00. The lowest BCUT2D eigenvalue weighted by atomic mass is 10.2. The number of rotatable bonds is 11. The molecule has 1 aromatic heterocycles. The normalized spacial score (nSPS) is 14.9. The third kappa shape index (κ3) is 7.37. The van der Waals surface area contributed by atoms with Crippen LogP contribution in [-0.4, -0.2) is 51.2 Å². The molecule has 0 aliphatic heterocycles. The summed E-state index contributed by atoms with van der Waals surface area (Å²) in [5.74, 6) is 1.25. The smallest absolute Gasteiger partial charge is 0.227 e. The summed E-state index contributed by atoms with van der Waals surface area (Å²) in [5.41, 5.74) is 2.31. The van der Waals surface area contributed by atoms with Gasteiger partial charge in [-0.15, -0.1) is 0 Å². The van der Waals surface area contributed by atoms with Gasteiger partial charge < -0.3 is 14.6 Å². The summed E-state index contributed by atoms with van der Waals surface area (Å²) in [6, 6.07) is 15.9. The molecule has 1 aliphatic rings. The van der Waals surface area contributed by atoms with Crippen LogP contribution in [0.3, 0.4) is 0 Å². The maximum atomic E-state index is 13.9. The van der Waals surface area contributed by atoms with E-state index in [0.717, 1.165) is 23.5 Å². The number of halogens is 1. The van der Waals surface area contributed by atoms with Gasteiger partial charge in [-0.1, -0.05) is 24.3 Å². The number of aromatic nitrogens is 2. The van der Waals surface area contributed by atoms with Crippen molar-refractivity contribution in [2.75, 3.05) is 19.7 Å². The van der Waals surface area contributed by atoms with E-state index in [1.54, 1.807) is 16.8 Å². The first kappa shape index (κ1) is 25.4. The molecule has 35 heavy (non-hydrogen) atoms. The minimum atomic E-state index is -0.606. The standard InChI is InChI=1S/C28H36FN3O3/c1-20-26(18-31(16-21-13-14-21)17-24(33)19-34-28(2,3)4)27(35-25-12-8-9-22(29)15-25)32(30-20)23-10-6-5-7-11-23/h5-12,15,21,24,33H,13-14,16-19H2,1-4H3/t24-/m1/s1. The monoisotopic (exact) mass is 481 g/mol. The second-order valence-corrected chi connectivity index (χ2v) is 10.4. The Kier molecular flexibility index (Phi) is 7.89. The summed E-state index contributed by atoms with van der Waals surface area (Å²) in [6.45, 7) is 10.1. The van der Waals surface area contributed by atoms with Gasteiger partial charge in [0.25, 0.3) is 0 Å². The van der Waals surface area contributed by atoms with Crippen molar-refractivity contribution < 1.29 is 19.0 Å². The van der Waals surface area contributed by atoms with E-state index in [1.807, 2.05) is 58.0 Å². The molecule has 0 spiro atoms. The topological polar surface area (TPSA) is 59.8 Å². The zero-order valence-corrected chi connectivity index (χ0v) is 21.1. The van der Waals surface area contributed by atoms with Crippen LogP contribution in [0.25, 0.3) is 5.69 Å². The van der Waals surface area contributed by atoms with Crippen LogP contribution < -0.4 is 4.74 Å². The molecule has 1 heterocycles. The highest BCUT2D eigenvalue weighted by Gasteiger charge is 2.28. The van der Waals surface area contributed by atoms with Crippen molar-refractivity contribution in [3.63, 3.8) is 0 Å². The molecule has 0 amide bonds. The van der Waals surface area contributed by atoms with Gasteiger partial charge in [-0.25, -0.2) is 9.07 Å². The number of para-hydroxylation sites is 1. The largest absolute Gasteiger partial charge is 0.438 e. The Hall–Kier alpha value is -2.74. The van der Waals surface area contributed by atoms with Gasteiger partial charge in [-0.05, 0) is 70.7 Å². The summed E-state index contributed by atoms with van der Waals surface area (Å²) < 4.78 is 27.7. The van der Waals surface area contributed by atoms with Crippen LogP contribution in [0.4, 0.5) is 4.39 Å². The molecule has 6 nitrogen and oxygen atoms in total. The van der Waals surface area contributed by atoms with Crippen LogP contribution in [0.15, 0.2) is 54.6 Å². The number of ether oxygens (including phenoxy) is 2. The fraction of sp³-hybridized carbons (Fsp3) is 0.464. The summed E-state index contributed by atoms with van der Waals surface area (Å²) >= 11 is 0. The average molecular weight is 482 g/mol. The van der Waals surface area contributed by atoms with Gasteiger partial charge >= 0.3 is 0 Å². The van der Waals surface area contributed by atoms with Crippen molar-refractivity contribution in [3.05, 3.63) is 71.7 Å². The molecule has 1 N–H and O–H groups in total. The van der Waals surface area contributed by atoms with Crippen molar-refractivity contribution in [2.45, 2.75) is 58.8 Å². The van der Waals surface area contributed by atoms with E-state index in [-0.39, 0.29) is 18.0 Å². The molecule has 1 atom stereocenters. The first-order valence-electron chi connectivity index (χ1n) is 12.3. The molecular weight excluding hydrogens is 445 g/mol.